The molecule has 2 aliphatic rings. The Balaban J connectivity index is 1.54. The molecule has 0 radical (unpaired) electrons. The molecule has 1 spiro atoms. The van der Waals surface area contributed by atoms with Crippen molar-refractivity contribution in [1.29, 1.82) is 0 Å². The number of anilines is 1. The number of ether oxygens (including phenoxy) is 1. The zero-order chi connectivity index (χ0) is 18.1. The fraction of sp³-hybridized carbons (Fsp3) is 0.500. The van der Waals surface area contributed by atoms with E-state index < -0.39 is 0 Å². The summed E-state index contributed by atoms with van der Waals surface area (Å²) in [4.78, 5) is 18.9. The summed E-state index contributed by atoms with van der Waals surface area (Å²) in [6.45, 7) is 4.23. The lowest BCUT2D eigenvalue weighted by Gasteiger charge is -2.36. The minimum atomic E-state index is -0.336. The number of likely N-dealkylation sites (tertiary alicyclic amines) is 1. The number of carbonyl (C=O) groups excluding carboxylic acids is 1. The molecule has 1 aromatic carbocycles. The molecule has 8 heteroatoms. The summed E-state index contributed by atoms with van der Waals surface area (Å²) in [7, 11) is 0. The molecule has 4 rings (SSSR count). The van der Waals surface area contributed by atoms with Gasteiger partial charge in [0.1, 0.15) is 5.82 Å². The first-order valence-electron chi connectivity index (χ1n) is 8.75. The van der Waals surface area contributed by atoms with E-state index in [1.54, 1.807) is 24.0 Å². The number of aryl methyl sites for hydroxylation is 1. The molecule has 0 bridgehead atoms. The first-order valence-corrected chi connectivity index (χ1v) is 8.75. The smallest absolute Gasteiger partial charge is 0.321 e. The van der Waals surface area contributed by atoms with Gasteiger partial charge >= 0.3 is 6.03 Å². The van der Waals surface area contributed by atoms with Crippen LogP contribution in [0.5, 0.6) is 0 Å². The SMILES string of the molecule is Cc1noc(C2CN(C(=O)Nc3ccc(F)cc3)CC23CCOCC3)n1. The lowest BCUT2D eigenvalue weighted by atomic mass is 9.72. The van der Waals surface area contributed by atoms with E-state index in [4.69, 9.17) is 9.26 Å². The van der Waals surface area contributed by atoms with Crippen LogP contribution < -0.4 is 5.32 Å². The van der Waals surface area contributed by atoms with Crippen molar-refractivity contribution in [3.05, 3.63) is 41.8 Å². The summed E-state index contributed by atoms with van der Waals surface area (Å²) in [5, 5.41) is 6.75. The molecular weight excluding hydrogens is 339 g/mol. The van der Waals surface area contributed by atoms with Crippen LogP contribution in [-0.4, -0.2) is 47.4 Å². The highest BCUT2D eigenvalue weighted by Gasteiger charge is 2.51. The lowest BCUT2D eigenvalue weighted by molar-refractivity contribution is 0.00959. The number of carbonyl (C=O) groups is 1. The fourth-order valence-corrected chi connectivity index (χ4v) is 3.94. The molecular formula is C18H21FN4O3. The molecule has 138 valence electrons. The summed E-state index contributed by atoms with van der Waals surface area (Å²) in [5.41, 5.74) is 0.451. The second-order valence-electron chi connectivity index (χ2n) is 7.02. The van der Waals surface area contributed by atoms with E-state index in [1.165, 1.54) is 12.1 Å². The van der Waals surface area contributed by atoms with Crippen molar-refractivity contribution in [1.82, 2.24) is 15.0 Å². The first-order chi connectivity index (χ1) is 12.6. The van der Waals surface area contributed by atoms with E-state index in [0.717, 1.165) is 12.8 Å². The van der Waals surface area contributed by atoms with Crippen molar-refractivity contribution < 1.29 is 18.4 Å². The van der Waals surface area contributed by atoms with Gasteiger partial charge in [-0.25, -0.2) is 9.18 Å². The zero-order valence-corrected chi connectivity index (χ0v) is 14.6. The topological polar surface area (TPSA) is 80.5 Å². The van der Waals surface area contributed by atoms with Crippen LogP contribution in [0.15, 0.2) is 28.8 Å². The molecule has 2 saturated heterocycles. The van der Waals surface area contributed by atoms with Crippen LogP contribution in [0.25, 0.3) is 0 Å². The normalized spacial score (nSPS) is 21.9. The Morgan fingerprint density at radius 2 is 2.04 bits per heavy atom. The number of aromatic nitrogens is 2. The molecule has 1 atom stereocenters. The molecule has 0 saturated carbocycles. The maximum absolute atomic E-state index is 13.0. The van der Waals surface area contributed by atoms with E-state index in [1.807, 2.05) is 0 Å². The number of urea groups is 1. The quantitative estimate of drug-likeness (QED) is 0.891. The average molecular weight is 360 g/mol. The lowest BCUT2D eigenvalue weighted by Crippen LogP contribution is -2.38. The predicted molar refractivity (Wildman–Crippen MR) is 91.3 cm³/mol. The Bertz CT molecular complexity index is 786. The van der Waals surface area contributed by atoms with Gasteiger partial charge in [-0.05, 0) is 44.0 Å². The molecule has 2 fully saturated rings. The Morgan fingerprint density at radius 3 is 2.69 bits per heavy atom. The summed E-state index contributed by atoms with van der Waals surface area (Å²) < 4.78 is 24.0. The number of nitrogens with zero attached hydrogens (tertiary/aromatic N) is 3. The van der Waals surface area contributed by atoms with Gasteiger partial charge in [0, 0.05) is 37.4 Å². The third kappa shape index (κ3) is 3.16. The molecule has 1 unspecified atom stereocenters. The maximum atomic E-state index is 13.0. The van der Waals surface area contributed by atoms with Crippen molar-refractivity contribution >= 4 is 11.7 Å². The summed E-state index contributed by atoms with van der Waals surface area (Å²) in [6, 6.07) is 5.53. The Labute approximate surface area is 150 Å². The molecule has 2 aromatic rings. The van der Waals surface area contributed by atoms with Crippen molar-refractivity contribution in [3.63, 3.8) is 0 Å². The van der Waals surface area contributed by atoms with Crippen LogP contribution in [0.1, 0.15) is 30.5 Å². The van der Waals surface area contributed by atoms with Crippen molar-refractivity contribution in [2.75, 3.05) is 31.6 Å². The molecule has 3 heterocycles. The molecule has 1 aromatic heterocycles. The van der Waals surface area contributed by atoms with Crippen LogP contribution >= 0.6 is 0 Å². The van der Waals surface area contributed by atoms with Gasteiger partial charge in [-0.2, -0.15) is 4.98 Å². The number of nitrogens with one attached hydrogen (secondary N) is 1. The monoisotopic (exact) mass is 360 g/mol. The summed E-state index contributed by atoms with van der Waals surface area (Å²) >= 11 is 0. The second kappa shape index (κ2) is 6.68. The fourth-order valence-electron chi connectivity index (χ4n) is 3.94. The van der Waals surface area contributed by atoms with E-state index in [-0.39, 0.29) is 23.2 Å². The number of amides is 2. The van der Waals surface area contributed by atoms with Gasteiger partial charge in [0.05, 0.1) is 5.92 Å². The van der Waals surface area contributed by atoms with E-state index in [2.05, 4.69) is 15.5 Å². The minimum absolute atomic E-state index is 0.00781. The number of hydrogen-bond acceptors (Lipinski definition) is 5. The molecule has 2 amide bonds. The van der Waals surface area contributed by atoms with Crippen LogP contribution in [0.4, 0.5) is 14.9 Å². The Kier molecular flexibility index (Phi) is 4.36. The number of rotatable bonds is 2. The van der Waals surface area contributed by atoms with Gasteiger partial charge in [-0.15, -0.1) is 0 Å². The number of hydrogen-bond donors (Lipinski definition) is 1. The predicted octanol–water partition coefficient (Wildman–Crippen LogP) is 2.95. The van der Waals surface area contributed by atoms with Crippen molar-refractivity contribution in [2.24, 2.45) is 5.41 Å². The van der Waals surface area contributed by atoms with Crippen molar-refractivity contribution in [3.8, 4) is 0 Å². The summed E-state index contributed by atoms with van der Waals surface area (Å²) in [6.07, 6.45) is 1.69. The Hall–Kier alpha value is -2.48. The second-order valence-corrected chi connectivity index (χ2v) is 7.02. The Morgan fingerprint density at radius 1 is 1.31 bits per heavy atom. The maximum Gasteiger partial charge on any atom is 0.321 e. The van der Waals surface area contributed by atoms with Crippen LogP contribution in [-0.2, 0) is 4.74 Å². The largest absolute Gasteiger partial charge is 0.381 e. The number of halogens is 1. The van der Waals surface area contributed by atoms with Crippen LogP contribution in [0.3, 0.4) is 0 Å². The van der Waals surface area contributed by atoms with E-state index in [9.17, 15) is 9.18 Å². The highest BCUT2D eigenvalue weighted by atomic mass is 19.1. The van der Waals surface area contributed by atoms with E-state index >= 15 is 0 Å². The minimum Gasteiger partial charge on any atom is -0.381 e. The molecule has 1 N–H and O–H groups in total. The molecule has 2 aliphatic heterocycles. The van der Waals surface area contributed by atoms with Gasteiger partial charge in [-0.1, -0.05) is 5.16 Å². The van der Waals surface area contributed by atoms with Crippen LogP contribution in [0.2, 0.25) is 0 Å². The van der Waals surface area contributed by atoms with E-state index in [0.29, 0.717) is 43.7 Å². The van der Waals surface area contributed by atoms with Gasteiger partial charge in [0.2, 0.25) is 5.89 Å². The highest BCUT2D eigenvalue weighted by molar-refractivity contribution is 5.89. The third-order valence-corrected chi connectivity index (χ3v) is 5.36. The first kappa shape index (κ1) is 17.0. The van der Waals surface area contributed by atoms with Crippen LogP contribution in [0, 0.1) is 18.2 Å². The van der Waals surface area contributed by atoms with Gasteiger partial charge in [-0.3, -0.25) is 0 Å². The average Bonchev–Trinajstić information content (AvgIpc) is 3.22. The van der Waals surface area contributed by atoms with Gasteiger partial charge in [0.15, 0.2) is 5.82 Å². The standard InChI is InChI=1S/C18H21FN4O3/c1-12-20-16(26-22-12)15-10-23(11-18(15)6-8-25-9-7-18)17(24)21-14-4-2-13(19)3-5-14/h2-5,15H,6-11H2,1H3,(H,21,24). The van der Waals surface area contributed by atoms with Crippen molar-refractivity contribution in [2.45, 2.75) is 25.7 Å². The van der Waals surface area contributed by atoms with Gasteiger partial charge < -0.3 is 19.5 Å². The molecule has 26 heavy (non-hydrogen) atoms. The third-order valence-electron chi connectivity index (χ3n) is 5.36. The number of benzene rings is 1. The molecule has 0 aliphatic carbocycles. The molecule has 7 nitrogen and oxygen atoms in total. The highest BCUT2D eigenvalue weighted by Crippen LogP contribution is 2.49. The summed E-state index contributed by atoms with van der Waals surface area (Å²) in [5.74, 6) is 0.835. The zero-order valence-electron chi connectivity index (χ0n) is 14.6. The van der Waals surface area contributed by atoms with Gasteiger partial charge in [0.25, 0.3) is 0 Å².